The molecular formula is C18H14ClN3O3. The van der Waals surface area contributed by atoms with Crippen molar-refractivity contribution in [2.75, 3.05) is 0 Å². The lowest BCUT2D eigenvalue weighted by molar-refractivity contribution is -0.115. The van der Waals surface area contributed by atoms with Crippen molar-refractivity contribution >= 4 is 29.6 Å². The van der Waals surface area contributed by atoms with Gasteiger partial charge in [0.15, 0.2) is 0 Å². The molecule has 2 aromatic rings. The number of rotatable bonds is 5. The number of ether oxygens (including phenoxy) is 1. The zero-order valence-electron chi connectivity index (χ0n) is 13.0. The van der Waals surface area contributed by atoms with E-state index in [4.69, 9.17) is 27.3 Å². The summed E-state index contributed by atoms with van der Waals surface area (Å²) >= 11 is 5.83. The van der Waals surface area contributed by atoms with E-state index in [1.807, 2.05) is 17.4 Å². The summed E-state index contributed by atoms with van der Waals surface area (Å²) in [5, 5.41) is 11.5. The van der Waals surface area contributed by atoms with Crippen LogP contribution in [-0.4, -0.2) is 11.9 Å². The highest BCUT2D eigenvalue weighted by Gasteiger charge is 2.10. The van der Waals surface area contributed by atoms with Crippen LogP contribution in [0.25, 0.3) is 6.08 Å². The van der Waals surface area contributed by atoms with E-state index in [1.54, 1.807) is 42.5 Å². The minimum atomic E-state index is -1.02. The summed E-state index contributed by atoms with van der Waals surface area (Å²) in [6.07, 6.45) is 1.35. The second kappa shape index (κ2) is 8.52. The Hall–Kier alpha value is -3.30. The lowest BCUT2D eigenvalue weighted by Gasteiger charge is -2.07. The molecule has 0 fully saturated rings. The van der Waals surface area contributed by atoms with Crippen molar-refractivity contribution in [2.24, 2.45) is 5.73 Å². The molecule has 0 aliphatic carbocycles. The molecule has 2 rings (SSSR count). The highest BCUT2D eigenvalue weighted by Crippen LogP contribution is 2.17. The van der Waals surface area contributed by atoms with Gasteiger partial charge in [-0.3, -0.25) is 10.1 Å². The van der Waals surface area contributed by atoms with Gasteiger partial charge in [0.1, 0.15) is 24.0 Å². The average Bonchev–Trinajstić information content (AvgIpc) is 2.59. The van der Waals surface area contributed by atoms with Crippen LogP contribution in [-0.2, 0) is 11.4 Å². The molecule has 0 aromatic heterocycles. The molecule has 3 amide bonds. The number of primary amides is 1. The Morgan fingerprint density at radius 2 is 1.80 bits per heavy atom. The van der Waals surface area contributed by atoms with E-state index in [2.05, 4.69) is 0 Å². The molecule has 6 nitrogen and oxygen atoms in total. The number of urea groups is 1. The molecule has 2 aromatic carbocycles. The number of carbonyl (C=O) groups excluding carboxylic acids is 2. The molecule has 0 aliphatic heterocycles. The molecule has 0 bridgehead atoms. The molecule has 0 unspecified atom stereocenters. The number of nitrogens with zero attached hydrogens (tertiary/aromatic N) is 1. The van der Waals surface area contributed by atoms with E-state index < -0.39 is 11.9 Å². The molecule has 0 radical (unpaired) electrons. The Kier molecular flexibility index (Phi) is 6.15. The molecule has 0 atom stereocenters. The summed E-state index contributed by atoms with van der Waals surface area (Å²) in [5.74, 6) is -0.217. The zero-order chi connectivity index (χ0) is 18.2. The lowest BCUT2D eigenvalue weighted by atomic mass is 10.1. The maximum atomic E-state index is 11.6. The van der Waals surface area contributed by atoms with Crippen molar-refractivity contribution in [2.45, 2.75) is 6.61 Å². The van der Waals surface area contributed by atoms with Crippen molar-refractivity contribution in [3.05, 3.63) is 70.3 Å². The van der Waals surface area contributed by atoms with Crippen LogP contribution in [0, 0.1) is 11.3 Å². The molecule has 3 N–H and O–H groups in total. The number of amides is 3. The van der Waals surface area contributed by atoms with Gasteiger partial charge in [-0.15, -0.1) is 0 Å². The van der Waals surface area contributed by atoms with Crippen LogP contribution < -0.4 is 15.8 Å². The molecule has 0 heterocycles. The SMILES string of the molecule is N#C/C(=C/c1ccc(OCc2ccc(Cl)cc2)cc1)C(=O)NC(N)=O. The van der Waals surface area contributed by atoms with Crippen LogP contribution in [0.1, 0.15) is 11.1 Å². The summed E-state index contributed by atoms with van der Waals surface area (Å²) < 4.78 is 5.65. The van der Waals surface area contributed by atoms with Gasteiger partial charge in [-0.05, 0) is 41.5 Å². The number of benzene rings is 2. The van der Waals surface area contributed by atoms with Gasteiger partial charge >= 0.3 is 6.03 Å². The number of imide groups is 1. The Morgan fingerprint density at radius 3 is 2.36 bits per heavy atom. The fourth-order valence-corrected chi connectivity index (χ4v) is 2.03. The minimum Gasteiger partial charge on any atom is -0.489 e. The standard InChI is InChI=1S/C18H14ClN3O3/c19-15-5-1-13(2-6-15)11-25-16-7-3-12(4-8-16)9-14(10-20)17(23)22-18(21)24/h1-9H,11H2,(H3,21,22,23,24)/b14-9-. The third-order valence-corrected chi connectivity index (χ3v) is 3.36. The Balaban J connectivity index is 2.02. The molecular weight excluding hydrogens is 342 g/mol. The Labute approximate surface area is 149 Å². The number of nitriles is 1. The predicted molar refractivity (Wildman–Crippen MR) is 93.5 cm³/mol. The first-order valence-electron chi connectivity index (χ1n) is 7.18. The fraction of sp³-hybridized carbons (Fsp3) is 0.0556. The number of halogens is 1. The van der Waals surface area contributed by atoms with Crippen LogP contribution in [0.4, 0.5) is 4.79 Å². The van der Waals surface area contributed by atoms with Gasteiger partial charge in [-0.1, -0.05) is 35.9 Å². The van der Waals surface area contributed by atoms with Crippen molar-refractivity contribution in [3.63, 3.8) is 0 Å². The maximum Gasteiger partial charge on any atom is 0.319 e. The number of nitrogens with two attached hydrogens (primary N) is 1. The zero-order valence-corrected chi connectivity index (χ0v) is 13.8. The van der Waals surface area contributed by atoms with E-state index in [0.29, 0.717) is 22.9 Å². The largest absolute Gasteiger partial charge is 0.489 e. The van der Waals surface area contributed by atoms with Gasteiger partial charge in [-0.2, -0.15) is 5.26 Å². The van der Waals surface area contributed by atoms with Crippen molar-refractivity contribution in [1.82, 2.24) is 5.32 Å². The van der Waals surface area contributed by atoms with Gasteiger partial charge in [0.25, 0.3) is 5.91 Å². The van der Waals surface area contributed by atoms with Crippen LogP contribution in [0.15, 0.2) is 54.1 Å². The molecule has 0 spiro atoms. The summed E-state index contributed by atoms with van der Waals surface area (Å²) in [6, 6.07) is 14.8. The van der Waals surface area contributed by atoms with Gasteiger partial charge in [0, 0.05) is 5.02 Å². The quantitative estimate of drug-likeness (QED) is 0.635. The highest BCUT2D eigenvalue weighted by atomic mass is 35.5. The maximum absolute atomic E-state index is 11.6. The van der Waals surface area contributed by atoms with Gasteiger partial charge in [0.2, 0.25) is 0 Å². The molecule has 0 saturated heterocycles. The first-order chi connectivity index (χ1) is 12.0. The molecule has 25 heavy (non-hydrogen) atoms. The fourth-order valence-electron chi connectivity index (χ4n) is 1.90. The molecule has 7 heteroatoms. The number of hydrogen-bond acceptors (Lipinski definition) is 4. The third-order valence-electron chi connectivity index (χ3n) is 3.11. The van der Waals surface area contributed by atoms with Crippen molar-refractivity contribution < 1.29 is 14.3 Å². The Bertz CT molecular complexity index is 837. The van der Waals surface area contributed by atoms with Crippen LogP contribution in [0.2, 0.25) is 5.02 Å². The smallest absolute Gasteiger partial charge is 0.319 e. The molecule has 0 saturated carbocycles. The summed E-state index contributed by atoms with van der Waals surface area (Å²) in [4.78, 5) is 22.3. The first kappa shape index (κ1) is 18.0. The van der Waals surface area contributed by atoms with Crippen LogP contribution >= 0.6 is 11.6 Å². The summed E-state index contributed by atoms with van der Waals surface area (Å²) in [7, 11) is 0. The Morgan fingerprint density at radius 1 is 1.16 bits per heavy atom. The topological polar surface area (TPSA) is 105 Å². The van der Waals surface area contributed by atoms with E-state index in [9.17, 15) is 9.59 Å². The third kappa shape index (κ3) is 5.68. The predicted octanol–water partition coefficient (Wildman–Crippen LogP) is 3.02. The number of hydrogen-bond donors (Lipinski definition) is 2. The highest BCUT2D eigenvalue weighted by molar-refractivity contribution is 6.30. The average molecular weight is 356 g/mol. The summed E-state index contributed by atoms with van der Waals surface area (Å²) in [5.41, 5.74) is 6.21. The van der Waals surface area contributed by atoms with Gasteiger partial charge < -0.3 is 10.5 Å². The minimum absolute atomic E-state index is 0.228. The van der Waals surface area contributed by atoms with Crippen LogP contribution in [0.5, 0.6) is 5.75 Å². The summed E-state index contributed by atoms with van der Waals surface area (Å²) in [6.45, 7) is 0.386. The van der Waals surface area contributed by atoms with E-state index >= 15 is 0 Å². The van der Waals surface area contributed by atoms with Gasteiger partial charge in [-0.25, -0.2) is 4.79 Å². The van der Waals surface area contributed by atoms with E-state index in [0.717, 1.165) is 5.56 Å². The van der Waals surface area contributed by atoms with E-state index in [-0.39, 0.29) is 5.57 Å². The van der Waals surface area contributed by atoms with Crippen molar-refractivity contribution in [3.8, 4) is 11.8 Å². The number of nitrogens with one attached hydrogen (secondary N) is 1. The normalized spacial score (nSPS) is 10.6. The molecule has 126 valence electrons. The van der Waals surface area contributed by atoms with Crippen molar-refractivity contribution in [1.29, 1.82) is 5.26 Å². The monoisotopic (exact) mass is 355 g/mol. The second-order valence-electron chi connectivity index (χ2n) is 4.97. The second-order valence-corrected chi connectivity index (χ2v) is 5.41. The number of carbonyl (C=O) groups is 2. The van der Waals surface area contributed by atoms with Crippen LogP contribution in [0.3, 0.4) is 0 Å². The first-order valence-corrected chi connectivity index (χ1v) is 7.55. The van der Waals surface area contributed by atoms with E-state index in [1.165, 1.54) is 6.08 Å². The molecule has 0 aliphatic rings. The van der Waals surface area contributed by atoms with Gasteiger partial charge in [0.05, 0.1) is 0 Å². The lowest BCUT2D eigenvalue weighted by Crippen LogP contribution is -2.35.